The van der Waals surface area contributed by atoms with Gasteiger partial charge in [0.25, 0.3) is 11.8 Å². The molecule has 156 valence electrons. The second-order valence-electron chi connectivity index (χ2n) is 8.25. The number of amides is 3. The molecular formula is C22H28N2O4S. The molecule has 7 heteroatoms. The Labute approximate surface area is 176 Å². The smallest absolute Gasteiger partial charge is 0.410 e. The normalized spacial score (nSPS) is 19.3. The molecule has 0 aromatic heterocycles. The number of benzene rings is 1. The number of fused-ring (bicyclic) bond motifs is 1. The van der Waals surface area contributed by atoms with Crippen LogP contribution in [0.1, 0.15) is 54.3 Å². The zero-order valence-electron chi connectivity index (χ0n) is 17.2. The van der Waals surface area contributed by atoms with E-state index in [0.29, 0.717) is 11.1 Å². The van der Waals surface area contributed by atoms with Gasteiger partial charge in [-0.3, -0.25) is 14.5 Å². The van der Waals surface area contributed by atoms with Gasteiger partial charge >= 0.3 is 6.09 Å². The first-order valence-electron chi connectivity index (χ1n) is 9.95. The first-order valence-corrected chi connectivity index (χ1v) is 11.1. The molecule has 1 aromatic rings. The van der Waals surface area contributed by atoms with E-state index < -0.39 is 5.60 Å². The lowest BCUT2D eigenvalue weighted by Gasteiger charge is -2.28. The Kier molecular flexibility index (Phi) is 6.67. The molecule has 0 radical (unpaired) electrons. The summed E-state index contributed by atoms with van der Waals surface area (Å²) in [4.78, 5) is 40.1. The summed E-state index contributed by atoms with van der Waals surface area (Å²) in [6.45, 7) is 6.66. The summed E-state index contributed by atoms with van der Waals surface area (Å²) in [5.74, 6) is 1.14. The zero-order valence-corrected chi connectivity index (χ0v) is 18.0. The minimum Gasteiger partial charge on any atom is -0.444 e. The third-order valence-electron chi connectivity index (χ3n) is 4.86. The van der Waals surface area contributed by atoms with E-state index in [2.05, 4.69) is 0 Å². The molecular weight excluding hydrogens is 388 g/mol. The van der Waals surface area contributed by atoms with E-state index in [9.17, 15) is 14.4 Å². The highest BCUT2D eigenvalue weighted by Crippen LogP contribution is 2.24. The van der Waals surface area contributed by atoms with Crippen LogP contribution in [0.5, 0.6) is 0 Å². The number of thioether (sulfide) groups is 1. The Hall–Kier alpha value is -2.28. The van der Waals surface area contributed by atoms with Gasteiger partial charge in [0.2, 0.25) is 0 Å². The van der Waals surface area contributed by atoms with Crippen LogP contribution in [-0.2, 0) is 4.74 Å². The van der Waals surface area contributed by atoms with Gasteiger partial charge in [-0.1, -0.05) is 24.3 Å². The average Bonchev–Trinajstić information content (AvgIpc) is 3.22. The van der Waals surface area contributed by atoms with E-state index in [4.69, 9.17) is 4.74 Å². The lowest BCUT2D eigenvalue weighted by atomic mass is 10.1. The Bertz CT molecular complexity index is 780. The molecule has 3 amide bonds. The van der Waals surface area contributed by atoms with E-state index in [1.54, 1.807) is 36.0 Å². The van der Waals surface area contributed by atoms with Crippen molar-refractivity contribution in [1.82, 2.24) is 9.80 Å². The van der Waals surface area contributed by atoms with Crippen molar-refractivity contribution in [2.75, 3.05) is 24.6 Å². The summed E-state index contributed by atoms with van der Waals surface area (Å²) in [6.07, 6.45) is 5.59. The second kappa shape index (κ2) is 9.03. The van der Waals surface area contributed by atoms with Crippen LogP contribution in [0.3, 0.4) is 0 Å². The summed E-state index contributed by atoms with van der Waals surface area (Å²) in [5, 5.41) is 0. The van der Waals surface area contributed by atoms with Crippen LogP contribution in [-0.4, -0.2) is 63.9 Å². The van der Waals surface area contributed by atoms with Crippen LogP contribution >= 0.6 is 11.8 Å². The molecule has 29 heavy (non-hydrogen) atoms. The van der Waals surface area contributed by atoms with Gasteiger partial charge in [-0.05, 0) is 45.7 Å². The predicted molar refractivity (Wildman–Crippen MR) is 114 cm³/mol. The van der Waals surface area contributed by atoms with E-state index in [1.807, 2.05) is 37.8 Å². The predicted octanol–water partition coefficient (Wildman–Crippen LogP) is 3.97. The molecule has 2 aliphatic rings. The summed E-state index contributed by atoms with van der Waals surface area (Å²) in [5.41, 5.74) is 0.469. The highest BCUT2D eigenvalue weighted by Gasteiger charge is 2.34. The van der Waals surface area contributed by atoms with Gasteiger partial charge in [0, 0.05) is 30.6 Å². The number of ether oxygens (including phenoxy) is 1. The third kappa shape index (κ3) is 5.21. The lowest BCUT2D eigenvalue weighted by Crippen LogP contribution is -2.40. The van der Waals surface area contributed by atoms with E-state index in [1.165, 1.54) is 4.90 Å². The van der Waals surface area contributed by atoms with Crippen LogP contribution in [0, 0.1) is 0 Å². The largest absolute Gasteiger partial charge is 0.444 e. The molecule has 1 saturated heterocycles. The molecule has 0 unspecified atom stereocenters. The summed E-state index contributed by atoms with van der Waals surface area (Å²) in [6, 6.07) is 7.10. The van der Waals surface area contributed by atoms with E-state index >= 15 is 0 Å². The maximum absolute atomic E-state index is 12.3. The van der Waals surface area contributed by atoms with Crippen LogP contribution in [0.15, 0.2) is 36.4 Å². The van der Waals surface area contributed by atoms with Crippen LogP contribution in [0.4, 0.5) is 4.79 Å². The zero-order chi connectivity index (χ0) is 21.0. The minimum atomic E-state index is -0.482. The molecule has 0 spiro atoms. The number of rotatable bonds is 6. The van der Waals surface area contributed by atoms with Crippen molar-refractivity contribution < 1.29 is 19.1 Å². The van der Waals surface area contributed by atoms with Gasteiger partial charge in [0.1, 0.15) is 5.60 Å². The highest BCUT2D eigenvalue weighted by molar-refractivity contribution is 7.99. The van der Waals surface area contributed by atoms with Crippen molar-refractivity contribution in [3.63, 3.8) is 0 Å². The Morgan fingerprint density at radius 1 is 1.17 bits per heavy atom. The summed E-state index contributed by atoms with van der Waals surface area (Å²) >= 11 is 1.74. The SMILES string of the molecule is CC(C)(C)OC(=O)N1CCC[C@H]1CSC/C=C\CN1C(=O)c2ccccc2C1=O. The summed E-state index contributed by atoms with van der Waals surface area (Å²) in [7, 11) is 0. The number of likely N-dealkylation sites (tertiary alicyclic amines) is 1. The highest BCUT2D eigenvalue weighted by atomic mass is 32.2. The Morgan fingerprint density at radius 3 is 2.45 bits per heavy atom. The fourth-order valence-corrected chi connectivity index (χ4v) is 4.52. The molecule has 1 atom stereocenters. The molecule has 2 aliphatic heterocycles. The maximum Gasteiger partial charge on any atom is 0.410 e. The first-order chi connectivity index (χ1) is 13.8. The van der Waals surface area contributed by atoms with E-state index in [-0.39, 0.29) is 30.5 Å². The molecule has 0 N–H and O–H groups in total. The van der Waals surface area contributed by atoms with Gasteiger partial charge in [0.15, 0.2) is 0 Å². The fraction of sp³-hybridized carbons (Fsp3) is 0.500. The van der Waals surface area contributed by atoms with Gasteiger partial charge in [0.05, 0.1) is 11.1 Å². The number of nitrogens with zero attached hydrogens (tertiary/aromatic N) is 2. The first kappa shape index (κ1) is 21.4. The molecule has 1 aromatic carbocycles. The van der Waals surface area contributed by atoms with Crippen LogP contribution < -0.4 is 0 Å². The van der Waals surface area contributed by atoms with Crippen molar-refractivity contribution in [3.8, 4) is 0 Å². The number of imide groups is 1. The van der Waals surface area contributed by atoms with Crippen molar-refractivity contribution in [2.45, 2.75) is 45.3 Å². The topological polar surface area (TPSA) is 66.9 Å². The van der Waals surface area contributed by atoms with Gasteiger partial charge < -0.3 is 9.64 Å². The number of carbonyl (C=O) groups is 3. The molecule has 0 bridgehead atoms. The lowest BCUT2D eigenvalue weighted by molar-refractivity contribution is 0.0241. The molecule has 2 heterocycles. The van der Waals surface area contributed by atoms with Gasteiger partial charge in [-0.15, -0.1) is 0 Å². The monoisotopic (exact) mass is 416 g/mol. The van der Waals surface area contributed by atoms with Crippen molar-refractivity contribution in [1.29, 1.82) is 0 Å². The molecule has 1 fully saturated rings. The van der Waals surface area contributed by atoms with Gasteiger partial charge in [-0.25, -0.2) is 4.79 Å². The van der Waals surface area contributed by atoms with Crippen molar-refractivity contribution in [2.24, 2.45) is 0 Å². The third-order valence-corrected chi connectivity index (χ3v) is 5.91. The number of carbonyl (C=O) groups excluding carboxylic acids is 3. The Morgan fingerprint density at radius 2 is 1.83 bits per heavy atom. The van der Waals surface area contributed by atoms with E-state index in [0.717, 1.165) is 30.9 Å². The standard InChI is InChI=1S/C22H28N2O4S/c1-22(2,3)28-21(27)23-13-8-9-16(23)15-29-14-7-6-12-24-19(25)17-10-4-5-11-18(17)20(24)26/h4-7,10-11,16H,8-9,12-15H2,1-3H3/b7-6-/t16-/m0/s1. The average molecular weight is 417 g/mol. The molecule has 0 aliphatic carbocycles. The molecule has 6 nitrogen and oxygen atoms in total. The fourth-order valence-electron chi connectivity index (χ4n) is 3.49. The minimum absolute atomic E-state index is 0.194. The maximum atomic E-state index is 12.3. The molecule has 3 rings (SSSR count). The number of hydrogen-bond acceptors (Lipinski definition) is 5. The Balaban J connectivity index is 1.42. The molecule has 0 saturated carbocycles. The quantitative estimate of drug-likeness (QED) is 0.399. The number of hydrogen-bond donors (Lipinski definition) is 0. The van der Waals surface area contributed by atoms with Crippen LogP contribution in [0.25, 0.3) is 0 Å². The van der Waals surface area contributed by atoms with Crippen molar-refractivity contribution >= 4 is 29.7 Å². The summed E-state index contributed by atoms with van der Waals surface area (Å²) < 4.78 is 5.49. The van der Waals surface area contributed by atoms with Crippen molar-refractivity contribution in [3.05, 3.63) is 47.5 Å². The van der Waals surface area contributed by atoms with Gasteiger partial charge in [-0.2, -0.15) is 11.8 Å². The second-order valence-corrected chi connectivity index (χ2v) is 9.32. The van der Waals surface area contributed by atoms with Crippen LogP contribution in [0.2, 0.25) is 0 Å².